The van der Waals surface area contributed by atoms with Crippen LogP contribution in [0.5, 0.6) is 0 Å². The SMILES string of the molecule is OC1(c2cccc3ccncc23)CC2CCC(C1)S2. The average Bonchev–Trinajstić information content (AvgIpc) is 2.78. The summed E-state index contributed by atoms with van der Waals surface area (Å²) in [7, 11) is 0. The molecule has 2 fully saturated rings. The van der Waals surface area contributed by atoms with E-state index in [1.54, 1.807) is 0 Å². The highest BCUT2D eigenvalue weighted by atomic mass is 32.2. The molecule has 4 rings (SSSR count). The van der Waals surface area contributed by atoms with Gasteiger partial charge in [-0.1, -0.05) is 18.2 Å². The van der Waals surface area contributed by atoms with Crippen LogP contribution < -0.4 is 0 Å². The van der Waals surface area contributed by atoms with Crippen molar-refractivity contribution in [3.63, 3.8) is 0 Å². The molecule has 0 spiro atoms. The van der Waals surface area contributed by atoms with Crippen molar-refractivity contribution in [1.82, 2.24) is 4.98 Å². The molecule has 2 bridgehead atoms. The van der Waals surface area contributed by atoms with Crippen molar-refractivity contribution in [2.45, 2.75) is 41.8 Å². The first-order chi connectivity index (χ1) is 9.24. The molecule has 2 aliphatic rings. The molecule has 1 N–H and O–H groups in total. The van der Waals surface area contributed by atoms with Crippen molar-refractivity contribution in [2.75, 3.05) is 0 Å². The van der Waals surface area contributed by atoms with Gasteiger partial charge in [-0.15, -0.1) is 0 Å². The van der Waals surface area contributed by atoms with Crippen molar-refractivity contribution < 1.29 is 5.11 Å². The van der Waals surface area contributed by atoms with Crippen LogP contribution in [0, 0.1) is 0 Å². The molecule has 2 saturated heterocycles. The van der Waals surface area contributed by atoms with Crippen molar-refractivity contribution in [1.29, 1.82) is 0 Å². The molecule has 2 aliphatic heterocycles. The third-order valence-corrected chi connectivity index (χ3v) is 6.09. The van der Waals surface area contributed by atoms with E-state index >= 15 is 0 Å². The minimum atomic E-state index is -0.653. The monoisotopic (exact) mass is 271 g/mol. The number of rotatable bonds is 1. The van der Waals surface area contributed by atoms with E-state index in [0.717, 1.165) is 23.8 Å². The van der Waals surface area contributed by atoms with Gasteiger partial charge in [0.15, 0.2) is 0 Å². The van der Waals surface area contributed by atoms with Crippen LogP contribution in [-0.2, 0) is 5.60 Å². The normalized spacial score (nSPS) is 33.7. The number of thioether (sulfide) groups is 1. The molecular weight excluding hydrogens is 254 g/mol. The summed E-state index contributed by atoms with van der Waals surface area (Å²) in [6, 6.07) is 8.25. The lowest BCUT2D eigenvalue weighted by Gasteiger charge is -2.37. The van der Waals surface area contributed by atoms with Crippen molar-refractivity contribution in [3.05, 3.63) is 42.2 Å². The number of hydrogen-bond donors (Lipinski definition) is 1. The zero-order valence-corrected chi connectivity index (χ0v) is 11.6. The minimum absolute atomic E-state index is 0.635. The summed E-state index contributed by atoms with van der Waals surface area (Å²) < 4.78 is 0. The third kappa shape index (κ3) is 1.87. The fourth-order valence-corrected chi connectivity index (χ4v) is 5.49. The molecule has 2 atom stereocenters. The summed E-state index contributed by atoms with van der Waals surface area (Å²) >= 11 is 2.08. The van der Waals surface area contributed by atoms with Crippen LogP contribution in [-0.4, -0.2) is 20.6 Å². The summed E-state index contributed by atoms with van der Waals surface area (Å²) in [6.07, 6.45) is 8.02. The lowest BCUT2D eigenvalue weighted by atomic mass is 9.83. The molecular formula is C16H17NOS. The van der Waals surface area contributed by atoms with E-state index in [0.29, 0.717) is 10.5 Å². The van der Waals surface area contributed by atoms with Gasteiger partial charge in [-0.05, 0) is 42.7 Å². The van der Waals surface area contributed by atoms with Gasteiger partial charge in [0.05, 0.1) is 5.60 Å². The van der Waals surface area contributed by atoms with Crippen molar-refractivity contribution in [3.8, 4) is 0 Å². The molecule has 2 nitrogen and oxygen atoms in total. The molecule has 2 aromatic rings. The van der Waals surface area contributed by atoms with Crippen LogP contribution in [0.25, 0.3) is 10.8 Å². The standard InChI is InChI=1S/C16H17NOS/c18-16(8-12-4-5-13(9-16)19-12)15-3-1-2-11-6-7-17-10-14(11)15/h1-3,6-7,10,12-13,18H,4-5,8-9H2. The minimum Gasteiger partial charge on any atom is -0.385 e. The Morgan fingerprint density at radius 2 is 1.95 bits per heavy atom. The number of pyridine rings is 1. The first-order valence-corrected chi connectivity index (χ1v) is 7.90. The number of aliphatic hydroxyl groups is 1. The van der Waals surface area contributed by atoms with Gasteiger partial charge in [-0.3, -0.25) is 4.98 Å². The summed E-state index contributed by atoms with van der Waals surface area (Å²) in [5.74, 6) is 0. The second-order valence-corrected chi connectivity index (χ2v) is 7.41. The summed E-state index contributed by atoms with van der Waals surface area (Å²) in [5, 5.41) is 14.7. The van der Waals surface area contributed by atoms with E-state index in [1.807, 2.05) is 18.5 Å². The van der Waals surface area contributed by atoms with Crippen molar-refractivity contribution in [2.24, 2.45) is 0 Å². The largest absolute Gasteiger partial charge is 0.385 e. The highest BCUT2D eigenvalue weighted by Crippen LogP contribution is 2.52. The highest BCUT2D eigenvalue weighted by molar-refractivity contribution is 8.00. The van der Waals surface area contributed by atoms with Crippen LogP contribution in [0.3, 0.4) is 0 Å². The third-order valence-electron chi connectivity index (χ3n) is 4.51. The Morgan fingerprint density at radius 1 is 1.16 bits per heavy atom. The molecule has 3 heteroatoms. The van der Waals surface area contributed by atoms with E-state index < -0.39 is 5.60 Å². The quantitative estimate of drug-likeness (QED) is 0.862. The Morgan fingerprint density at radius 3 is 2.74 bits per heavy atom. The predicted molar refractivity (Wildman–Crippen MR) is 79.3 cm³/mol. The molecule has 0 amide bonds. The molecule has 1 aromatic carbocycles. The number of aromatic nitrogens is 1. The summed E-state index contributed by atoms with van der Waals surface area (Å²) in [4.78, 5) is 4.24. The number of hydrogen-bond acceptors (Lipinski definition) is 3. The van der Waals surface area contributed by atoms with Gasteiger partial charge in [0.25, 0.3) is 0 Å². The molecule has 0 radical (unpaired) electrons. The van der Waals surface area contributed by atoms with Gasteiger partial charge in [0, 0.05) is 28.3 Å². The Labute approximate surface area is 117 Å². The molecule has 19 heavy (non-hydrogen) atoms. The van der Waals surface area contributed by atoms with E-state index in [2.05, 4.69) is 34.9 Å². The predicted octanol–water partition coefficient (Wildman–Crippen LogP) is 3.48. The lowest BCUT2D eigenvalue weighted by Crippen LogP contribution is -2.34. The maximum atomic E-state index is 11.2. The fraction of sp³-hybridized carbons (Fsp3) is 0.438. The zero-order valence-electron chi connectivity index (χ0n) is 10.7. The average molecular weight is 271 g/mol. The van der Waals surface area contributed by atoms with Gasteiger partial charge in [-0.2, -0.15) is 11.8 Å². The van der Waals surface area contributed by atoms with Crippen LogP contribution in [0.15, 0.2) is 36.7 Å². The second kappa shape index (κ2) is 4.22. The Balaban J connectivity index is 1.85. The summed E-state index contributed by atoms with van der Waals surface area (Å²) in [5.41, 5.74) is 0.426. The molecule has 0 saturated carbocycles. The fourth-order valence-electron chi connectivity index (χ4n) is 3.66. The Bertz CT molecular complexity index is 610. The zero-order chi connectivity index (χ0) is 12.9. The topological polar surface area (TPSA) is 33.1 Å². The first kappa shape index (κ1) is 11.7. The van der Waals surface area contributed by atoms with Gasteiger partial charge < -0.3 is 5.11 Å². The molecule has 0 aliphatic carbocycles. The maximum absolute atomic E-state index is 11.2. The number of fused-ring (bicyclic) bond motifs is 3. The second-order valence-electron chi connectivity index (χ2n) is 5.80. The van der Waals surface area contributed by atoms with Gasteiger partial charge in [0.2, 0.25) is 0 Å². The molecule has 3 heterocycles. The Kier molecular flexibility index (Phi) is 2.61. The van der Waals surface area contributed by atoms with Crippen LogP contribution >= 0.6 is 11.8 Å². The van der Waals surface area contributed by atoms with Gasteiger partial charge in [-0.25, -0.2) is 0 Å². The van der Waals surface area contributed by atoms with Crippen LogP contribution in [0.4, 0.5) is 0 Å². The molecule has 1 aromatic heterocycles. The maximum Gasteiger partial charge on any atom is 0.0924 e. The molecule has 2 unspecified atom stereocenters. The number of benzene rings is 1. The first-order valence-electron chi connectivity index (χ1n) is 6.96. The van der Waals surface area contributed by atoms with Gasteiger partial charge >= 0.3 is 0 Å². The smallest absolute Gasteiger partial charge is 0.0924 e. The van der Waals surface area contributed by atoms with Crippen LogP contribution in [0.1, 0.15) is 31.2 Å². The van der Waals surface area contributed by atoms with E-state index in [4.69, 9.17) is 0 Å². The van der Waals surface area contributed by atoms with E-state index in [9.17, 15) is 5.11 Å². The van der Waals surface area contributed by atoms with Crippen molar-refractivity contribution >= 4 is 22.5 Å². The van der Waals surface area contributed by atoms with E-state index in [-0.39, 0.29) is 0 Å². The lowest BCUT2D eigenvalue weighted by molar-refractivity contribution is 0.0211. The highest BCUT2D eigenvalue weighted by Gasteiger charge is 2.44. The van der Waals surface area contributed by atoms with E-state index in [1.165, 1.54) is 18.2 Å². The van der Waals surface area contributed by atoms with Gasteiger partial charge in [0.1, 0.15) is 0 Å². The molecule has 98 valence electrons. The Hall–Kier alpha value is -1.06. The van der Waals surface area contributed by atoms with Crippen LogP contribution in [0.2, 0.25) is 0 Å². The number of nitrogens with zero attached hydrogens (tertiary/aromatic N) is 1. The summed E-state index contributed by atoms with van der Waals surface area (Å²) in [6.45, 7) is 0.